The van der Waals surface area contributed by atoms with E-state index in [1.54, 1.807) is 0 Å². The van der Waals surface area contributed by atoms with Gasteiger partial charge in [-0.05, 0) is 163 Å². The molecular weight excluding hydrogens is 1010 g/mol. The molecule has 20 rings (SSSR count). The van der Waals surface area contributed by atoms with Gasteiger partial charge in [0.1, 0.15) is 0 Å². The van der Waals surface area contributed by atoms with E-state index in [-0.39, 0.29) is 53.4 Å². The average molecular weight is 1070 g/mol. The van der Waals surface area contributed by atoms with Gasteiger partial charge in [-0.2, -0.15) is 0 Å². The molecule has 0 radical (unpaired) electrons. The molecule has 0 bridgehead atoms. The van der Waals surface area contributed by atoms with Gasteiger partial charge in [0.2, 0.25) is 0 Å². The van der Waals surface area contributed by atoms with Gasteiger partial charge in [-0.3, -0.25) is 4.90 Å². The van der Waals surface area contributed by atoms with E-state index >= 15 is 0 Å². The lowest BCUT2D eigenvalue weighted by Gasteiger charge is -2.74. The van der Waals surface area contributed by atoms with Crippen molar-refractivity contribution in [3.63, 3.8) is 0 Å². The molecule has 4 nitrogen and oxygen atoms in total. The van der Waals surface area contributed by atoms with Crippen molar-refractivity contribution in [2.75, 3.05) is 0 Å². The predicted molar refractivity (Wildman–Crippen MR) is 324 cm³/mol. The first-order chi connectivity index (χ1) is 40.0. The second-order valence-electron chi connectivity index (χ2n) is 27.4. The van der Waals surface area contributed by atoms with Crippen molar-refractivity contribution < 1.29 is 14.2 Å². The molecule has 17 atom stereocenters. The zero-order valence-corrected chi connectivity index (χ0v) is 47.2. The molecular formula is C76H68NO3P. The van der Waals surface area contributed by atoms with Crippen molar-refractivity contribution in [3.05, 3.63) is 238 Å². The summed E-state index contributed by atoms with van der Waals surface area (Å²) in [5.41, 5.74) is 26.1. The largest absolute Gasteiger partial charge is 0.373 e. The summed E-state index contributed by atoms with van der Waals surface area (Å²) < 4.78 is 24.1. The minimum absolute atomic E-state index is 0.136. The molecule has 8 aliphatic carbocycles. The van der Waals surface area contributed by atoms with Crippen molar-refractivity contribution in [3.8, 4) is 44.5 Å². The molecule has 81 heavy (non-hydrogen) atoms. The Morgan fingerprint density at radius 3 is 1.27 bits per heavy atom. The molecule has 0 aromatic heterocycles. The Morgan fingerprint density at radius 2 is 0.778 bits per heavy atom. The van der Waals surface area contributed by atoms with Gasteiger partial charge in [0, 0.05) is 46.9 Å². The monoisotopic (exact) mass is 1070 g/mol. The average Bonchev–Trinajstić information content (AvgIpc) is 2.71. The van der Waals surface area contributed by atoms with Gasteiger partial charge in [0.15, 0.2) is 0 Å². The summed E-state index contributed by atoms with van der Waals surface area (Å²) in [4.78, 5) is 3.23. The minimum atomic E-state index is -0.522. The van der Waals surface area contributed by atoms with Gasteiger partial charge >= 0.3 is 0 Å². The SMILES string of the molecule is CC1CCC2C(C1)OC1CC(c3ccc4c(c3)C3(c5ccccc5-c5ccccc53)c3ccccc3-4)C3OC4CC(C)CC5OC6C(c7ccc8c(c7)C7(c9ccccc9-c9ccccc97)c7ccccc7-8)CCC7C6P(C54)C3C1N27. The highest BCUT2D eigenvalue weighted by atomic mass is 31.1. The van der Waals surface area contributed by atoms with Crippen LogP contribution >= 0.6 is 7.92 Å². The highest BCUT2D eigenvalue weighted by Crippen LogP contribution is 2.75. The van der Waals surface area contributed by atoms with Crippen molar-refractivity contribution in [1.82, 2.24) is 4.90 Å². The fourth-order valence-electron chi connectivity index (χ4n) is 21.4. The summed E-state index contributed by atoms with van der Waals surface area (Å²) >= 11 is 0. The molecule has 8 aromatic carbocycles. The maximum Gasteiger partial charge on any atom is 0.0749 e. The summed E-state index contributed by atoms with van der Waals surface area (Å²) in [6, 6.07) is 73.0. The molecule has 0 N–H and O–H groups in total. The van der Waals surface area contributed by atoms with E-state index in [0.717, 1.165) is 19.3 Å². The van der Waals surface area contributed by atoms with Crippen LogP contribution < -0.4 is 0 Å². The van der Waals surface area contributed by atoms with E-state index < -0.39 is 7.92 Å². The molecule has 2 spiro atoms. The second kappa shape index (κ2) is 16.4. The van der Waals surface area contributed by atoms with Crippen LogP contribution in [0.4, 0.5) is 0 Å². The molecule has 4 aliphatic heterocycles. The second-order valence-corrected chi connectivity index (χ2v) is 30.1. The molecule has 5 heteroatoms. The summed E-state index contributed by atoms with van der Waals surface area (Å²) in [6.07, 6.45) is 10.6. The number of ether oxygens (including phenoxy) is 3. The Morgan fingerprint density at radius 1 is 0.358 bits per heavy atom. The van der Waals surface area contributed by atoms with Crippen LogP contribution in [0.2, 0.25) is 0 Å². The van der Waals surface area contributed by atoms with Crippen LogP contribution in [-0.4, -0.2) is 76.6 Å². The number of rotatable bonds is 2. The van der Waals surface area contributed by atoms with E-state index in [2.05, 4.69) is 201 Å². The Balaban J connectivity index is 0.754. The molecule has 400 valence electrons. The summed E-state index contributed by atoms with van der Waals surface area (Å²) in [6.45, 7) is 5.01. The Kier molecular flexibility index (Phi) is 9.43. The van der Waals surface area contributed by atoms with Crippen LogP contribution in [0.3, 0.4) is 0 Å². The predicted octanol–water partition coefficient (Wildman–Crippen LogP) is 16.0. The lowest BCUT2D eigenvalue weighted by atomic mass is 9.67. The van der Waals surface area contributed by atoms with Gasteiger partial charge in [-0.1, -0.05) is 204 Å². The van der Waals surface area contributed by atoms with Gasteiger partial charge < -0.3 is 14.2 Å². The smallest absolute Gasteiger partial charge is 0.0749 e. The van der Waals surface area contributed by atoms with Crippen LogP contribution in [0.5, 0.6) is 0 Å². The van der Waals surface area contributed by atoms with E-state index in [0.29, 0.717) is 52.9 Å². The number of fused-ring (bicyclic) bond motifs is 23. The third-order valence-corrected chi connectivity index (χ3v) is 27.9. The molecule has 4 heterocycles. The molecule has 0 amide bonds. The first kappa shape index (κ1) is 46.5. The topological polar surface area (TPSA) is 30.9 Å². The molecule has 8 aromatic rings. The zero-order chi connectivity index (χ0) is 52.8. The van der Waals surface area contributed by atoms with Crippen molar-refractivity contribution in [1.29, 1.82) is 0 Å². The summed E-state index contributed by atoms with van der Waals surface area (Å²) in [7, 11) is -0.522. The van der Waals surface area contributed by atoms with Crippen LogP contribution in [-0.2, 0) is 25.0 Å². The Bertz CT molecular complexity index is 3880. The van der Waals surface area contributed by atoms with Crippen molar-refractivity contribution in [2.45, 2.75) is 160 Å². The first-order valence-electron chi connectivity index (χ1n) is 31.4. The lowest BCUT2D eigenvalue weighted by Crippen LogP contribution is -2.80. The zero-order valence-electron chi connectivity index (χ0n) is 46.3. The summed E-state index contributed by atoms with van der Waals surface area (Å²) in [5.74, 6) is 1.79. The maximum atomic E-state index is 8.13. The lowest BCUT2D eigenvalue weighted by molar-refractivity contribution is -0.235. The van der Waals surface area contributed by atoms with E-state index in [1.165, 1.54) is 132 Å². The number of nitrogens with zero attached hydrogens (tertiary/aromatic N) is 1. The fourth-order valence-corrected chi connectivity index (χ4v) is 26.3. The van der Waals surface area contributed by atoms with Crippen molar-refractivity contribution in [2.24, 2.45) is 11.8 Å². The van der Waals surface area contributed by atoms with Gasteiger partial charge in [0.25, 0.3) is 0 Å². The highest BCUT2D eigenvalue weighted by Gasteiger charge is 2.72. The van der Waals surface area contributed by atoms with Crippen LogP contribution in [0.1, 0.15) is 133 Å². The molecule has 4 saturated heterocycles. The molecule has 17 unspecified atom stereocenters. The minimum Gasteiger partial charge on any atom is -0.373 e. The molecule has 8 fully saturated rings. The number of hydrogen-bond donors (Lipinski definition) is 0. The van der Waals surface area contributed by atoms with E-state index in [1.807, 2.05) is 0 Å². The third-order valence-electron chi connectivity index (χ3n) is 24.0. The van der Waals surface area contributed by atoms with Crippen molar-refractivity contribution >= 4 is 7.92 Å². The first-order valence-corrected chi connectivity index (χ1v) is 32.9. The maximum absolute atomic E-state index is 8.13. The molecule has 12 aliphatic rings. The quantitative estimate of drug-likeness (QED) is 0.161. The van der Waals surface area contributed by atoms with E-state index in [9.17, 15) is 0 Å². The fraction of sp³-hybridized carbons (Fsp3) is 0.368. The van der Waals surface area contributed by atoms with Gasteiger partial charge in [-0.25, -0.2) is 0 Å². The number of morpholine rings is 1. The highest BCUT2D eigenvalue weighted by molar-refractivity contribution is 7.60. The van der Waals surface area contributed by atoms with E-state index in [4.69, 9.17) is 14.2 Å². The molecule has 4 saturated carbocycles. The van der Waals surface area contributed by atoms with Gasteiger partial charge in [-0.15, -0.1) is 0 Å². The third kappa shape index (κ3) is 5.68. The Labute approximate surface area is 478 Å². The van der Waals surface area contributed by atoms with Crippen LogP contribution in [0, 0.1) is 11.8 Å². The normalized spacial score (nSPS) is 36.0. The van der Waals surface area contributed by atoms with Crippen LogP contribution in [0.15, 0.2) is 182 Å². The summed E-state index contributed by atoms with van der Waals surface area (Å²) in [5, 5.41) is 0. The number of hydrogen-bond acceptors (Lipinski definition) is 4. The van der Waals surface area contributed by atoms with Crippen LogP contribution in [0.25, 0.3) is 44.5 Å². The number of benzene rings is 8. The standard InChI is InChI=1S/C76H68NO3P/c1-41-27-33-63-65(35-41)78-66-40-54(44-29-31-53-51-20-8-14-26-60(51)76(62(53)39-44)57-23-11-5-17-48(57)49-18-6-12-24-58(49)76)71-74-69(66)77(63)64-34-32-45(70-72(64)81(74)73-67(79-70)36-42(2)37-68(73)80-71)43-28-30-52-50-19-7-13-25-59(50)75(61(52)38-43)55-21-9-3-15-46(55)47-16-4-10-22-56(47)75/h3-26,28-31,38-39,41-42,45,54,63-74H,27,32-37,40H2,1-2H3. The van der Waals surface area contributed by atoms with Gasteiger partial charge in [0.05, 0.1) is 47.5 Å². The Hall–Kier alpha value is -5.97.